The van der Waals surface area contributed by atoms with E-state index in [-0.39, 0.29) is 17.1 Å². The Labute approximate surface area is 174 Å². The minimum Gasteiger partial charge on any atom is -0.406 e. The van der Waals surface area contributed by atoms with E-state index in [9.17, 15) is 31.1 Å². The highest BCUT2D eigenvalue weighted by atomic mass is 32.1. The fourth-order valence-corrected chi connectivity index (χ4v) is 2.94. The maximum Gasteiger partial charge on any atom is 0.573 e. The Kier molecular flexibility index (Phi) is 6.24. The molecule has 1 heterocycles. The number of anilines is 3. The van der Waals surface area contributed by atoms with Gasteiger partial charge in [0.1, 0.15) is 17.2 Å². The molecule has 0 unspecified atom stereocenters. The summed E-state index contributed by atoms with van der Waals surface area (Å²) in [7, 11) is 0. The monoisotopic (exact) mass is 463 g/mol. The van der Waals surface area contributed by atoms with Gasteiger partial charge in [-0.25, -0.2) is 4.98 Å². The van der Waals surface area contributed by atoms with E-state index in [1.165, 1.54) is 29.6 Å². The van der Waals surface area contributed by atoms with Gasteiger partial charge in [0.15, 0.2) is 5.13 Å². The number of aromatic nitrogens is 1. The summed E-state index contributed by atoms with van der Waals surface area (Å²) in [5, 5.41) is 7.03. The average Bonchev–Trinajstić information content (AvgIpc) is 3.11. The van der Waals surface area contributed by atoms with Crippen LogP contribution in [0.4, 0.5) is 42.8 Å². The molecule has 164 valence electrons. The molecule has 31 heavy (non-hydrogen) atoms. The molecule has 13 heteroatoms. The lowest BCUT2D eigenvalue weighted by atomic mass is 10.3. The SMILES string of the molecule is O=C(Nc1ccc(OC(F)(F)F)cc1)c1csc(Nc2ccc(OC(F)(F)F)cc2)n1. The highest BCUT2D eigenvalue weighted by Crippen LogP contribution is 2.27. The highest BCUT2D eigenvalue weighted by Gasteiger charge is 2.31. The average molecular weight is 463 g/mol. The van der Waals surface area contributed by atoms with Gasteiger partial charge in [0.2, 0.25) is 0 Å². The predicted molar refractivity (Wildman–Crippen MR) is 99.6 cm³/mol. The Morgan fingerprint density at radius 3 is 1.77 bits per heavy atom. The number of nitrogens with zero attached hydrogens (tertiary/aromatic N) is 1. The first-order valence-electron chi connectivity index (χ1n) is 8.22. The predicted octanol–water partition coefficient (Wildman–Crippen LogP) is 5.94. The van der Waals surface area contributed by atoms with E-state index in [4.69, 9.17) is 0 Å². The summed E-state index contributed by atoms with van der Waals surface area (Å²) < 4.78 is 80.5. The van der Waals surface area contributed by atoms with Crippen LogP contribution < -0.4 is 20.1 Å². The molecule has 0 saturated heterocycles. The number of carbonyl (C=O) groups is 1. The van der Waals surface area contributed by atoms with Gasteiger partial charge in [-0.15, -0.1) is 37.7 Å². The van der Waals surface area contributed by atoms with E-state index in [2.05, 4.69) is 25.1 Å². The van der Waals surface area contributed by atoms with Gasteiger partial charge in [-0.1, -0.05) is 0 Å². The number of alkyl halides is 6. The molecule has 0 fully saturated rings. The third-order valence-corrected chi connectivity index (χ3v) is 4.18. The zero-order chi connectivity index (χ0) is 22.6. The van der Waals surface area contributed by atoms with Crippen LogP contribution in [-0.4, -0.2) is 23.6 Å². The molecule has 1 aromatic heterocycles. The number of benzene rings is 2. The van der Waals surface area contributed by atoms with Gasteiger partial charge in [-0.05, 0) is 48.5 Å². The van der Waals surface area contributed by atoms with Crippen molar-refractivity contribution < 1.29 is 40.6 Å². The van der Waals surface area contributed by atoms with E-state index in [1.54, 1.807) is 0 Å². The van der Waals surface area contributed by atoms with Crippen molar-refractivity contribution in [3.05, 3.63) is 59.6 Å². The molecule has 0 radical (unpaired) electrons. The van der Waals surface area contributed by atoms with Crippen molar-refractivity contribution in [3.8, 4) is 11.5 Å². The molecule has 6 nitrogen and oxygen atoms in total. The lowest BCUT2D eigenvalue weighted by molar-refractivity contribution is -0.275. The lowest BCUT2D eigenvalue weighted by Gasteiger charge is -2.09. The van der Waals surface area contributed by atoms with Crippen molar-refractivity contribution in [2.24, 2.45) is 0 Å². The molecule has 3 aromatic rings. The van der Waals surface area contributed by atoms with Gasteiger partial charge in [0.25, 0.3) is 5.91 Å². The molecule has 3 rings (SSSR count). The van der Waals surface area contributed by atoms with Crippen LogP contribution in [-0.2, 0) is 0 Å². The van der Waals surface area contributed by atoms with E-state index in [1.807, 2.05) is 0 Å². The van der Waals surface area contributed by atoms with Gasteiger partial charge in [0, 0.05) is 16.8 Å². The van der Waals surface area contributed by atoms with Crippen LogP contribution in [0.1, 0.15) is 10.5 Å². The summed E-state index contributed by atoms with van der Waals surface area (Å²) >= 11 is 1.07. The summed E-state index contributed by atoms with van der Waals surface area (Å²) in [5.41, 5.74) is 0.665. The number of hydrogen-bond acceptors (Lipinski definition) is 6. The van der Waals surface area contributed by atoms with Crippen LogP contribution >= 0.6 is 11.3 Å². The zero-order valence-corrected chi connectivity index (χ0v) is 15.9. The third-order valence-electron chi connectivity index (χ3n) is 3.42. The smallest absolute Gasteiger partial charge is 0.406 e. The summed E-state index contributed by atoms with van der Waals surface area (Å²) in [4.78, 5) is 16.3. The molecule has 2 aromatic carbocycles. The van der Waals surface area contributed by atoms with Crippen LogP contribution in [0.2, 0.25) is 0 Å². The number of nitrogens with one attached hydrogen (secondary N) is 2. The van der Waals surface area contributed by atoms with Crippen LogP contribution in [0.25, 0.3) is 0 Å². The first-order chi connectivity index (χ1) is 14.5. The number of carbonyl (C=O) groups excluding carboxylic acids is 1. The van der Waals surface area contributed by atoms with Gasteiger partial charge in [0.05, 0.1) is 0 Å². The normalized spacial score (nSPS) is 11.7. The second-order valence-electron chi connectivity index (χ2n) is 5.76. The van der Waals surface area contributed by atoms with Gasteiger partial charge < -0.3 is 20.1 Å². The van der Waals surface area contributed by atoms with Crippen molar-refractivity contribution in [2.45, 2.75) is 12.7 Å². The standard InChI is InChI=1S/C18H11F6N3O3S/c19-17(20,21)29-12-5-1-10(2-6-12)25-15(28)14-9-31-16(27-14)26-11-3-7-13(8-4-11)30-18(22,23)24/h1-9H,(H,25,28)(H,26,27). The minimum absolute atomic E-state index is 0.0279. The third kappa shape index (κ3) is 7.06. The second kappa shape index (κ2) is 8.71. The van der Waals surface area contributed by atoms with E-state index in [0.717, 1.165) is 35.6 Å². The first kappa shape index (κ1) is 22.2. The maximum atomic E-state index is 12.2. The molecular weight excluding hydrogens is 452 g/mol. The van der Waals surface area contributed by atoms with Crippen LogP contribution in [0.3, 0.4) is 0 Å². The zero-order valence-electron chi connectivity index (χ0n) is 15.0. The van der Waals surface area contributed by atoms with Crippen LogP contribution in [0, 0.1) is 0 Å². The number of amides is 1. The Morgan fingerprint density at radius 1 is 0.806 bits per heavy atom. The molecule has 0 atom stereocenters. The van der Waals surface area contributed by atoms with Gasteiger partial charge in [-0.3, -0.25) is 4.79 Å². The lowest BCUT2D eigenvalue weighted by Crippen LogP contribution is -2.17. The maximum absolute atomic E-state index is 12.2. The summed E-state index contributed by atoms with van der Waals surface area (Å²) in [6, 6.07) is 9.46. The molecule has 0 spiro atoms. The highest BCUT2D eigenvalue weighted by molar-refractivity contribution is 7.14. The molecule has 1 amide bonds. The van der Waals surface area contributed by atoms with Crippen molar-refractivity contribution >= 4 is 33.8 Å². The molecule has 0 bridgehead atoms. The summed E-state index contributed by atoms with van der Waals surface area (Å²) in [5.74, 6) is -1.43. The molecule has 2 N–H and O–H groups in total. The van der Waals surface area contributed by atoms with Crippen molar-refractivity contribution in [3.63, 3.8) is 0 Å². The Hall–Kier alpha value is -3.48. The Bertz CT molecular complexity index is 1030. The molecular formula is C18H11F6N3O3S. The summed E-state index contributed by atoms with van der Waals surface area (Å²) in [6.07, 6.45) is -9.61. The van der Waals surface area contributed by atoms with Crippen LogP contribution in [0.15, 0.2) is 53.9 Å². The summed E-state index contributed by atoms with van der Waals surface area (Å²) in [6.45, 7) is 0. The van der Waals surface area contributed by atoms with Crippen LogP contribution in [0.5, 0.6) is 11.5 Å². The quantitative estimate of drug-likeness (QED) is 0.443. The Balaban J connectivity index is 1.58. The van der Waals surface area contributed by atoms with Gasteiger partial charge >= 0.3 is 12.7 Å². The largest absolute Gasteiger partial charge is 0.573 e. The molecule has 0 aliphatic carbocycles. The fraction of sp³-hybridized carbons (Fsp3) is 0.111. The minimum atomic E-state index is -4.82. The first-order valence-corrected chi connectivity index (χ1v) is 9.10. The topological polar surface area (TPSA) is 72.5 Å². The number of rotatable bonds is 6. The van der Waals surface area contributed by atoms with Gasteiger partial charge in [-0.2, -0.15) is 0 Å². The fourth-order valence-electron chi connectivity index (χ4n) is 2.23. The number of hydrogen-bond donors (Lipinski definition) is 2. The Morgan fingerprint density at radius 2 is 1.29 bits per heavy atom. The number of ether oxygens (including phenoxy) is 2. The van der Waals surface area contributed by atoms with E-state index >= 15 is 0 Å². The van der Waals surface area contributed by atoms with Crippen molar-refractivity contribution in [1.29, 1.82) is 0 Å². The van der Waals surface area contributed by atoms with E-state index in [0.29, 0.717) is 10.8 Å². The van der Waals surface area contributed by atoms with Crippen molar-refractivity contribution in [1.82, 2.24) is 4.98 Å². The number of halogens is 6. The molecule has 0 aliphatic heterocycles. The molecule has 0 saturated carbocycles. The van der Waals surface area contributed by atoms with Crippen molar-refractivity contribution in [2.75, 3.05) is 10.6 Å². The molecule has 0 aliphatic rings. The van der Waals surface area contributed by atoms with E-state index < -0.39 is 24.4 Å². The second-order valence-corrected chi connectivity index (χ2v) is 6.62. The number of thiazole rings is 1.